The molecule has 0 aromatic heterocycles. The van der Waals surface area contributed by atoms with Crippen molar-refractivity contribution >= 4 is 38.0 Å². The van der Waals surface area contributed by atoms with E-state index < -0.39 is 11.8 Å². The highest BCUT2D eigenvalue weighted by Crippen LogP contribution is 2.37. The van der Waals surface area contributed by atoms with E-state index in [4.69, 9.17) is 12.7 Å². The SMILES string of the molecule is C.[B]C(C)(C)CC(C)(C)CNC(=O)C1C/C(=N/OC)CC1C(=O)NCC(C)(C)CC(C)(C)S. The van der Waals surface area contributed by atoms with Crippen molar-refractivity contribution in [3.05, 3.63) is 0 Å². The summed E-state index contributed by atoms with van der Waals surface area (Å²) in [4.78, 5) is 31.1. The first-order valence-electron chi connectivity index (χ1n) is 11.5. The van der Waals surface area contributed by atoms with Crippen LogP contribution in [0.5, 0.6) is 0 Å². The van der Waals surface area contributed by atoms with E-state index in [-0.39, 0.29) is 40.1 Å². The van der Waals surface area contributed by atoms with Crippen LogP contribution in [0.4, 0.5) is 0 Å². The standard InChI is InChI=1S/C24H44BN3O3S.CH4/c1-21(2,12-23(5,6)25)14-26-19(29)17-10-16(28-31-9)11-18(17)20(30)27-15-22(3,4)13-24(7,8)32;/h17-18,32H,10-15H2,1-9H3,(H,26,29)(H,27,30);1H4/b28-16-;. The molecule has 8 heteroatoms. The summed E-state index contributed by atoms with van der Waals surface area (Å²) in [7, 11) is 7.65. The average Bonchev–Trinajstić information content (AvgIpc) is 2.98. The first-order valence-corrected chi connectivity index (χ1v) is 11.9. The lowest BCUT2D eigenvalue weighted by atomic mass is 9.63. The molecule has 2 N–H and O–H groups in total. The van der Waals surface area contributed by atoms with E-state index >= 15 is 0 Å². The predicted molar refractivity (Wildman–Crippen MR) is 143 cm³/mol. The minimum Gasteiger partial charge on any atom is -0.399 e. The second-order valence-corrected chi connectivity index (χ2v) is 13.6. The average molecular weight is 482 g/mol. The lowest BCUT2D eigenvalue weighted by Crippen LogP contribution is -2.44. The van der Waals surface area contributed by atoms with Gasteiger partial charge in [0.05, 0.1) is 25.4 Å². The molecule has 2 amide bonds. The van der Waals surface area contributed by atoms with Crippen molar-refractivity contribution in [2.24, 2.45) is 27.8 Å². The zero-order valence-electron chi connectivity index (χ0n) is 21.6. The topological polar surface area (TPSA) is 79.8 Å². The molecule has 1 fully saturated rings. The van der Waals surface area contributed by atoms with Crippen LogP contribution in [0.15, 0.2) is 5.16 Å². The van der Waals surface area contributed by atoms with Gasteiger partial charge in [-0.05, 0) is 23.7 Å². The summed E-state index contributed by atoms with van der Waals surface area (Å²) in [6, 6.07) is 0. The highest BCUT2D eigenvalue weighted by Gasteiger charge is 2.42. The largest absolute Gasteiger partial charge is 0.399 e. The molecule has 0 aliphatic heterocycles. The zero-order valence-corrected chi connectivity index (χ0v) is 22.5. The van der Waals surface area contributed by atoms with E-state index in [0.29, 0.717) is 25.9 Å². The van der Waals surface area contributed by atoms with Gasteiger partial charge in [-0.1, -0.05) is 73.3 Å². The summed E-state index contributed by atoms with van der Waals surface area (Å²) >= 11 is 4.63. The molecule has 0 saturated heterocycles. The highest BCUT2D eigenvalue weighted by atomic mass is 32.1. The lowest BCUT2D eigenvalue weighted by molar-refractivity contribution is -0.134. The summed E-state index contributed by atoms with van der Waals surface area (Å²) in [5.74, 6) is -1.16. The van der Waals surface area contributed by atoms with Gasteiger partial charge in [-0.3, -0.25) is 9.59 Å². The molecule has 1 aliphatic rings. The molecule has 6 nitrogen and oxygen atoms in total. The molecule has 1 rings (SSSR count). The Hall–Kier alpha value is -1.18. The van der Waals surface area contributed by atoms with Crippen LogP contribution in [-0.4, -0.2) is 50.3 Å². The molecule has 0 aromatic carbocycles. The lowest BCUT2D eigenvalue weighted by Gasteiger charge is -2.33. The number of nitrogens with zero attached hydrogens (tertiary/aromatic N) is 1. The minimum atomic E-state index is -0.463. The van der Waals surface area contributed by atoms with Gasteiger partial charge in [0.2, 0.25) is 11.8 Å². The van der Waals surface area contributed by atoms with Crippen molar-refractivity contribution in [2.75, 3.05) is 20.2 Å². The van der Waals surface area contributed by atoms with Gasteiger partial charge in [0.15, 0.2) is 0 Å². The Labute approximate surface area is 209 Å². The summed E-state index contributed by atoms with van der Waals surface area (Å²) < 4.78 is -0.132. The number of rotatable bonds is 11. The third kappa shape index (κ3) is 12.2. The van der Waals surface area contributed by atoms with E-state index in [9.17, 15) is 9.59 Å². The quantitative estimate of drug-likeness (QED) is 0.226. The van der Waals surface area contributed by atoms with Crippen molar-refractivity contribution in [3.63, 3.8) is 0 Å². The van der Waals surface area contributed by atoms with Crippen LogP contribution in [0.3, 0.4) is 0 Å². The Morgan fingerprint density at radius 1 is 0.939 bits per heavy atom. The van der Waals surface area contributed by atoms with Gasteiger partial charge >= 0.3 is 0 Å². The number of oxime groups is 1. The van der Waals surface area contributed by atoms with Gasteiger partial charge < -0.3 is 15.5 Å². The van der Waals surface area contributed by atoms with Crippen molar-refractivity contribution in [1.82, 2.24) is 10.6 Å². The molecule has 0 spiro atoms. The van der Waals surface area contributed by atoms with Crippen LogP contribution >= 0.6 is 12.6 Å². The van der Waals surface area contributed by atoms with Gasteiger partial charge in [-0.15, -0.1) is 0 Å². The van der Waals surface area contributed by atoms with E-state index in [2.05, 4.69) is 70.0 Å². The van der Waals surface area contributed by atoms with E-state index in [1.54, 1.807) is 0 Å². The Morgan fingerprint density at radius 3 is 1.67 bits per heavy atom. The number of hydrogen-bond donors (Lipinski definition) is 3. The van der Waals surface area contributed by atoms with Crippen LogP contribution < -0.4 is 10.6 Å². The summed E-state index contributed by atoms with van der Waals surface area (Å²) in [5, 5.41) is 9.84. The Kier molecular flexibility index (Phi) is 11.6. The fraction of sp³-hybridized carbons (Fsp3) is 0.880. The molecular weight excluding hydrogens is 433 g/mol. The minimum absolute atomic E-state index is 0. The molecule has 2 atom stereocenters. The molecular formula is C25H48BN3O3S. The van der Waals surface area contributed by atoms with Gasteiger partial charge in [0, 0.05) is 30.7 Å². The number of hydrogen-bond acceptors (Lipinski definition) is 5. The summed E-state index contributed by atoms with van der Waals surface area (Å²) in [6.45, 7) is 17.5. The molecule has 1 aliphatic carbocycles. The predicted octanol–water partition coefficient (Wildman–Crippen LogP) is 4.79. The van der Waals surface area contributed by atoms with Crippen molar-refractivity contribution in [2.45, 2.75) is 98.6 Å². The third-order valence-electron chi connectivity index (χ3n) is 5.62. The van der Waals surface area contributed by atoms with Crippen molar-refractivity contribution in [1.29, 1.82) is 0 Å². The van der Waals surface area contributed by atoms with E-state index in [1.165, 1.54) is 7.11 Å². The van der Waals surface area contributed by atoms with E-state index in [1.807, 2.05) is 13.8 Å². The van der Waals surface area contributed by atoms with Crippen LogP contribution in [-0.2, 0) is 14.4 Å². The van der Waals surface area contributed by atoms with Crippen LogP contribution in [0.1, 0.15) is 88.5 Å². The van der Waals surface area contributed by atoms with E-state index in [0.717, 1.165) is 18.6 Å². The zero-order chi connectivity index (χ0) is 25.0. The normalized spacial score (nSPS) is 20.8. The Morgan fingerprint density at radius 2 is 1.33 bits per heavy atom. The fourth-order valence-corrected chi connectivity index (χ4v) is 5.50. The highest BCUT2D eigenvalue weighted by molar-refractivity contribution is 7.81. The number of nitrogens with one attached hydrogen (secondary N) is 2. The first-order chi connectivity index (χ1) is 14.3. The maximum Gasteiger partial charge on any atom is 0.224 e. The molecule has 1 saturated carbocycles. The van der Waals surface area contributed by atoms with Crippen LogP contribution in [0.2, 0.25) is 5.31 Å². The van der Waals surface area contributed by atoms with Gasteiger partial charge in [0.25, 0.3) is 0 Å². The number of carbonyl (C=O) groups excluding carboxylic acids is 2. The number of amides is 2. The molecule has 0 aromatic rings. The van der Waals surface area contributed by atoms with Crippen LogP contribution in [0, 0.1) is 22.7 Å². The number of thiol groups is 1. The molecule has 2 radical (unpaired) electrons. The smallest absolute Gasteiger partial charge is 0.224 e. The molecule has 190 valence electrons. The van der Waals surface area contributed by atoms with Crippen molar-refractivity contribution in [3.8, 4) is 0 Å². The first kappa shape index (κ1) is 31.8. The molecule has 0 heterocycles. The monoisotopic (exact) mass is 481 g/mol. The van der Waals surface area contributed by atoms with Crippen LogP contribution in [0.25, 0.3) is 0 Å². The second-order valence-electron chi connectivity index (χ2n) is 12.4. The number of carbonyl (C=O) groups is 2. The Balaban J connectivity index is 0.0000102. The fourth-order valence-electron chi connectivity index (χ4n) is 5.07. The summed E-state index contributed by atoms with van der Waals surface area (Å²) in [6.07, 6.45) is 2.46. The molecule has 2 unspecified atom stereocenters. The van der Waals surface area contributed by atoms with Gasteiger partial charge in [-0.2, -0.15) is 12.6 Å². The maximum absolute atomic E-state index is 13.1. The second kappa shape index (κ2) is 12.0. The molecule has 0 bridgehead atoms. The maximum atomic E-state index is 13.1. The molecule has 33 heavy (non-hydrogen) atoms. The van der Waals surface area contributed by atoms with Gasteiger partial charge in [-0.25, -0.2) is 0 Å². The third-order valence-corrected chi connectivity index (χ3v) is 5.78. The van der Waals surface area contributed by atoms with Crippen molar-refractivity contribution < 1.29 is 14.4 Å². The van der Waals surface area contributed by atoms with Gasteiger partial charge in [0.1, 0.15) is 7.11 Å². The summed E-state index contributed by atoms with van der Waals surface area (Å²) in [5.41, 5.74) is 0.475. The Bertz CT molecular complexity index is 640.